The van der Waals surface area contributed by atoms with Crippen molar-refractivity contribution in [1.29, 1.82) is 0 Å². The molecule has 3 heteroatoms. The van der Waals surface area contributed by atoms with Crippen LogP contribution in [-0.2, 0) is 4.79 Å². The van der Waals surface area contributed by atoms with Crippen molar-refractivity contribution in [3.63, 3.8) is 0 Å². The minimum atomic E-state index is 0.218. The van der Waals surface area contributed by atoms with Crippen molar-refractivity contribution in [3.8, 4) is 0 Å². The van der Waals surface area contributed by atoms with E-state index < -0.39 is 0 Å². The average Bonchev–Trinajstić information content (AvgIpc) is 2.37. The zero-order valence-electron chi connectivity index (χ0n) is 10.7. The number of nitrogens with one attached hydrogen (secondary N) is 1. The van der Waals surface area contributed by atoms with Crippen LogP contribution in [0.2, 0.25) is 0 Å². The van der Waals surface area contributed by atoms with Crippen LogP contribution in [0.1, 0.15) is 25.7 Å². The van der Waals surface area contributed by atoms with Gasteiger partial charge in [0, 0.05) is 19.5 Å². The fourth-order valence-electron chi connectivity index (χ4n) is 2.25. The van der Waals surface area contributed by atoms with Gasteiger partial charge in [0.05, 0.1) is 0 Å². The fraction of sp³-hybridized carbons (Fsp3) is 0.643. The molecule has 1 unspecified atom stereocenters. The second-order valence-electron chi connectivity index (χ2n) is 4.63. The smallest absolute Gasteiger partial charge is 0.223 e. The highest BCUT2D eigenvalue weighted by molar-refractivity contribution is 5.76. The van der Waals surface area contributed by atoms with E-state index in [0.717, 1.165) is 19.5 Å². The van der Waals surface area contributed by atoms with Gasteiger partial charge in [0.1, 0.15) is 0 Å². The molecule has 0 spiro atoms. The van der Waals surface area contributed by atoms with Gasteiger partial charge < -0.3 is 10.2 Å². The first-order valence-corrected chi connectivity index (χ1v) is 6.48. The topological polar surface area (TPSA) is 32.3 Å². The number of hydrogen-bond donors (Lipinski definition) is 1. The molecule has 1 rings (SSSR count). The van der Waals surface area contributed by atoms with Crippen LogP contribution in [-0.4, -0.2) is 37.0 Å². The van der Waals surface area contributed by atoms with Crippen LogP contribution in [0.25, 0.3) is 0 Å². The molecule has 1 heterocycles. The molecule has 3 nitrogen and oxygen atoms in total. The monoisotopic (exact) mass is 236 g/mol. The Kier molecular flexibility index (Phi) is 6.63. The van der Waals surface area contributed by atoms with Crippen LogP contribution in [0.5, 0.6) is 0 Å². The average molecular weight is 236 g/mol. The summed E-state index contributed by atoms with van der Waals surface area (Å²) < 4.78 is 0. The quantitative estimate of drug-likeness (QED) is 0.685. The van der Waals surface area contributed by atoms with E-state index in [9.17, 15) is 4.79 Å². The van der Waals surface area contributed by atoms with Crippen molar-refractivity contribution >= 4 is 5.91 Å². The molecule has 1 fully saturated rings. The Balaban J connectivity index is 2.29. The number of amides is 1. The van der Waals surface area contributed by atoms with E-state index in [4.69, 9.17) is 0 Å². The predicted molar refractivity (Wildman–Crippen MR) is 71.8 cm³/mol. The summed E-state index contributed by atoms with van der Waals surface area (Å²) in [6, 6.07) is 0. The molecule has 0 aliphatic carbocycles. The maximum Gasteiger partial charge on any atom is 0.223 e. The van der Waals surface area contributed by atoms with Gasteiger partial charge in [-0.15, -0.1) is 13.2 Å². The lowest BCUT2D eigenvalue weighted by atomic mass is 9.94. The predicted octanol–water partition coefficient (Wildman–Crippen LogP) is 1.97. The lowest BCUT2D eigenvalue weighted by Gasteiger charge is -2.24. The van der Waals surface area contributed by atoms with Gasteiger partial charge in [-0.3, -0.25) is 4.79 Å². The van der Waals surface area contributed by atoms with Crippen molar-refractivity contribution in [2.75, 3.05) is 26.2 Å². The molecule has 1 N–H and O–H groups in total. The number of hydrogen-bond acceptors (Lipinski definition) is 2. The van der Waals surface area contributed by atoms with Gasteiger partial charge in [0.25, 0.3) is 0 Å². The molecule has 1 saturated heterocycles. The van der Waals surface area contributed by atoms with Gasteiger partial charge in [-0.2, -0.15) is 0 Å². The van der Waals surface area contributed by atoms with E-state index in [-0.39, 0.29) is 5.91 Å². The molecular formula is C14H24N2O. The molecule has 1 aliphatic heterocycles. The summed E-state index contributed by atoms with van der Waals surface area (Å²) in [5.74, 6) is 0.886. The summed E-state index contributed by atoms with van der Waals surface area (Å²) in [6.07, 6.45) is 7.67. The zero-order valence-corrected chi connectivity index (χ0v) is 10.7. The molecule has 96 valence electrons. The first-order chi connectivity index (χ1) is 8.27. The third kappa shape index (κ3) is 5.18. The zero-order chi connectivity index (χ0) is 12.5. The molecule has 17 heavy (non-hydrogen) atoms. The molecular weight excluding hydrogens is 212 g/mol. The Hall–Kier alpha value is -1.09. The molecule has 1 atom stereocenters. The highest BCUT2D eigenvalue weighted by Gasteiger charge is 2.16. The summed E-state index contributed by atoms with van der Waals surface area (Å²) >= 11 is 0. The lowest BCUT2D eigenvalue weighted by Crippen LogP contribution is -2.33. The van der Waals surface area contributed by atoms with Crippen LogP contribution in [0.3, 0.4) is 0 Å². The first kappa shape index (κ1) is 14.0. The first-order valence-electron chi connectivity index (χ1n) is 6.48. The summed E-state index contributed by atoms with van der Waals surface area (Å²) in [6.45, 7) is 10.8. The third-order valence-electron chi connectivity index (χ3n) is 3.22. The minimum Gasteiger partial charge on any atom is -0.335 e. The van der Waals surface area contributed by atoms with Crippen LogP contribution >= 0.6 is 0 Å². The minimum absolute atomic E-state index is 0.218. The third-order valence-corrected chi connectivity index (χ3v) is 3.22. The van der Waals surface area contributed by atoms with Crippen molar-refractivity contribution < 1.29 is 4.79 Å². The Morgan fingerprint density at radius 2 is 2.06 bits per heavy atom. The molecule has 0 radical (unpaired) electrons. The normalized spacial score (nSPS) is 19.6. The molecule has 0 aromatic rings. The van der Waals surface area contributed by atoms with Crippen molar-refractivity contribution in [3.05, 3.63) is 25.3 Å². The second-order valence-corrected chi connectivity index (χ2v) is 4.63. The van der Waals surface area contributed by atoms with E-state index in [0.29, 0.717) is 25.4 Å². The molecule has 0 aromatic carbocycles. The molecule has 0 aromatic heterocycles. The van der Waals surface area contributed by atoms with E-state index in [1.807, 2.05) is 0 Å². The highest BCUT2D eigenvalue weighted by atomic mass is 16.2. The Labute approximate surface area is 105 Å². The molecule has 0 bridgehead atoms. The summed E-state index contributed by atoms with van der Waals surface area (Å²) in [5, 5.41) is 3.38. The number of carbonyl (C=O) groups is 1. The largest absolute Gasteiger partial charge is 0.335 e. The molecule has 0 saturated carbocycles. The van der Waals surface area contributed by atoms with Gasteiger partial charge in [-0.1, -0.05) is 12.2 Å². The van der Waals surface area contributed by atoms with Crippen LogP contribution in [0.4, 0.5) is 0 Å². The summed E-state index contributed by atoms with van der Waals surface area (Å²) in [4.78, 5) is 13.8. The number of rotatable bonds is 7. The second kappa shape index (κ2) is 8.07. The number of nitrogens with zero attached hydrogens (tertiary/aromatic N) is 1. The summed E-state index contributed by atoms with van der Waals surface area (Å²) in [5.41, 5.74) is 0. The number of piperidine rings is 1. The number of carbonyl (C=O) groups excluding carboxylic acids is 1. The Morgan fingerprint density at radius 3 is 2.59 bits per heavy atom. The van der Waals surface area contributed by atoms with E-state index in [1.54, 1.807) is 17.1 Å². The SMILES string of the molecule is C=CCN(CC=C)C(=O)CCC1CCCNC1. The van der Waals surface area contributed by atoms with Gasteiger partial charge in [0.15, 0.2) is 0 Å². The molecule has 1 aliphatic rings. The Morgan fingerprint density at radius 1 is 1.35 bits per heavy atom. The van der Waals surface area contributed by atoms with Gasteiger partial charge in [-0.25, -0.2) is 0 Å². The van der Waals surface area contributed by atoms with Crippen LogP contribution < -0.4 is 5.32 Å². The van der Waals surface area contributed by atoms with Crippen molar-refractivity contribution in [2.24, 2.45) is 5.92 Å². The van der Waals surface area contributed by atoms with Crippen molar-refractivity contribution in [2.45, 2.75) is 25.7 Å². The van der Waals surface area contributed by atoms with Gasteiger partial charge >= 0.3 is 0 Å². The van der Waals surface area contributed by atoms with E-state index in [1.165, 1.54) is 12.8 Å². The van der Waals surface area contributed by atoms with Gasteiger partial charge in [0.2, 0.25) is 5.91 Å². The lowest BCUT2D eigenvalue weighted by molar-refractivity contribution is -0.130. The van der Waals surface area contributed by atoms with E-state index in [2.05, 4.69) is 18.5 Å². The van der Waals surface area contributed by atoms with Crippen LogP contribution in [0, 0.1) is 5.92 Å². The maximum atomic E-state index is 12.0. The summed E-state index contributed by atoms with van der Waals surface area (Å²) in [7, 11) is 0. The van der Waals surface area contributed by atoms with Gasteiger partial charge in [-0.05, 0) is 38.3 Å². The van der Waals surface area contributed by atoms with Crippen LogP contribution in [0.15, 0.2) is 25.3 Å². The fourth-order valence-corrected chi connectivity index (χ4v) is 2.25. The standard InChI is InChI=1S/C14H24N2O/c1-3-10-16(11-4-2)14(17)8-7-13-6-5-9-15-12-13/h3-4,13,15H,1-2,5-12H2. The maximum absolute atomic E-state index is 12.0. The highest BCUT2D eigenvalue weighted by Crippen LogP contribution is 2.16. The van der Waals surface area contributed by atoms with E-state index >= 15 is 0 Å². The Bertz CT molecular complexity index is 247. The van der Waals surface area contributed by atoms with Crippen molar-refractivity contribution in [1.82, 2.24) is 10.2 Å². The molecule has 1 amide bonds.